The van der Waals surface area contributed by atoms with Gasteiger partial charge in [0, 0.05) is 19.4 Å². The Labute approximate surface area is 169 Å². The van der Waals surface area contributed by atoms with E-state index >= 15 is 0 Å². The predicted octanol–water partition coefficient (Wildman–Crippen LogP) is 2.68. The molecule has 1 aliphatic rings. The van der Waals surface area contributed by atoms with Crippen molar-refractivity contribution in [3.8, 4) is 17.2 Å². The fourth-order valence-electron chi connectivity index (χ4n) is 3.75. The summed E-state index contributed by atoms with van der Waals surface area (Å²) < 4.78 is 16.1. The van der Waals surface area contributed by atoms with E-state index in [1.54, 1.807) is 13.2 Å². The maximum absolute atomic E-state index is 12.9. The van der Waals surface area contributed by atoms with Gasteiger partial charge in [-0.1, -0.05) is 30.3 Å². The molecule has 1 atom stereocenters. The molecule has 0 fully saturated rings. The second kappa shape index (κ2) is 8.86. The highest BCUT2D eigenvalue weighted by Crippen LogP contribution is 2.40. The molecule has 0 saturated heterocycles. The number of fused-ring (bicyclic) bond motifs is 1. The van der Waals surface area contributed by atoms with Crippen LogP contribution in [0.5, 0.6) is 17.2 Å². The molecule has 0 bridgehead atoms. The Hall–Kier alpha value is -3.22. The van der Waals surface area contributed by atoms with Crippen LogP contribution >= 0.6 is 0 Å². The van der Waals surface area contributed by atoms with Gasteiger partial charge < -0.3 is 24.2 Å². The highest BCUT2D eigenvalue weighted by molar-refractivity contribution is 5.84. The summed E-state index contributed by atoms with van der Waals surface area (Å²) in [5.74, 6) is 0.326. The zero-order chi connectivity index (χ0) is 21.0. The smallest absolute Gasteiger partial charge is 0.326 e. The second-order valence-electron chi connectivity index (χ2n) is 6.84. The van der Waals surface area contributed by atoms with Crippen LogP contribution in [0.3, 0.4) is 0 Å². The number of carboxylic acid groups (broad SMARTS) is 1. The molecule has 1 unspecified atom stereocenters. The summed E-state index contributed by atoms with van der Waals surface area (Å²) in [7, 11) is 4.60. The van der Waals surface area contributed by atoms with Crippen LogP contribution in [-0.4, -0.2) is 49.3 Å². The lowest BCUT2D eigenvalue weighted by Gasteiger charge is -2.34. The molecule has 1 aliphatic heterocycles. The molecule has 154 valence electrons. The third-order valence-electron chi connectivity index (χ3n) is 5.25. The Bertz CT molecular complexity index is 910. The van der Waals surface area contributed by atoms with E-state index in [9.17, 15) is 14.7 Å². The van der Waals surface area contributed by atoms with Gasteiger partial charge in [0.15, 0.2) is 11.5 Å². The first-order valence-corrected chi connectivity index (χ1v) is 9.37. The van der Waals surface area contributed by atoms with Crippen LogP contribution in [0.4, 0.5) is 0 Å². The molecule has 0 aromatic heterocycles. The molecular weight excluding hydrogens is 374 g/mol. The third-order valence-corrected chi connectivity index (χ3v) is 5.25. The van der Waals surface area contributed by atoms with Gasteiger partial charge in [-0.25, -0.2) is 4.79 Å². The molecule has 0 radical (unpaired) electrons. The van der Waals surface area contributed by atoms with E-state index in [-0.39, 0.29) is 12.3 Å². The fraction of sp³-hybridized carbons (Fsp3) is 0.364. The van der Waals surface area contributed by atoms with Crippen molar-refractivity contribution in [3.05, 3.63) is 53.1 Å². The largest absolute Gasteiger partial charge is 0.493 e. The molecule has 1 heterocycles. The SMILES string of the molecule is COc1ccc(CCC(=O)N2Cc3ccccc3CC2C(=O)O)c(OC)c1OC. The van der Waals surface area contributed by atoms with Gasteiger partial charge in [0.05, 0.1) is 21.3 Å². The molecule has 0 aliphatic carbocycles. The van der Waals surface area contributed by atoms with Crippen molar-refractivity contribution in [2.75, 3.05) is 21.3 Å². The lowest BCUT2D eigenvalue weighted by atomic mass is 9.93. The average Bonchev–Trinajstić information content (AvgIpc) is 2.75. The second-order valence-corrected chi connectivity index (χ2v) is 6.84. The Morgan fingerprint density at radius 2 is 1.69 bits per heavy atom. The van der Waals surface area contributed by atoms with Crippen molar-refractivity contribution >= 4 is 11.9 Å². The number of nitrogens with zero attached hydrogens (tertiary/aromatic N) is 1. The number of rotatable bonds is 7. The number of benzene rings is 2. The molecule has 29 heavy (non-hydrogen) atoms. The molecular formula is C22H25NO6. The van der Waals surface area contributed by atoms with Crippen molar-refractivity contribution in [1.82, 2.24) is 4.90 Å². The summed E-state index contributed by atoms with van der Waals surface area (Å²) >= 11 is 0. The number of methoxy groups -OCH3 is 3. The number of hydrogen-bond acceptors (Lipinski definition) is 5. The molecule has 1 N–H and O–H groups in total. The van der Waals surface area contributed by atoms with Crippen molar-refractivity contribution < 1.29 is 28.9 Å². The summed E-state index contributed by atoms with van der Waals surface area (Å²) in [6.07, 6.45) is 0.877. The summed E-state index contributed by atoms with van der Waals surface area (Å²) in [4.78, 5) is 26.2. The van der Waals surface area contributed by atoms with Crippen molar-refractivity contribution in [1.29, 1.82) is 0 Å². The fourth-order valence-corrected chi connectivity index (χ4v) is 3.75. The Kier molecular flexibility index (Phi) is 6.26. The number of ether oxygens (including phenoxy) is 3. The minimum absolute atomic E-state index is 0.164. The van der Waals surface area contributed by atoms with Gasteiger partial charge in [0.2, 0.25) is 11.7 Å². The van der Waals surface area contributed by atoms with Crippen LogP contribution in [0.1, 0.15) is 23.1 Å². The first-order chi connectivity index (χ1) is 14.0. The number of carbonyl (C=O) groups is 2. The number of carboxylic acids is 1. The lowest BCUT2D eigenvalue weighted by molar-refractivity contribution is -0.151. The van der Waals surface area contributed by atoms with Gasteiger partial charge >= 0.3 is 5.97 Å². The molecule has 2 aromatic carbocycles. The number of aryl methyl sites for hydroxylation is 1. The Balaban J connectivity index is 1.79. The summed E-state index contributed by atoms with van der Waals surface area (Å²) in [6.45, 7) is 0.301. The van der Waals surface area contributed by atoms with Gasteiger partial charge in [0.1, 0.15) is 6.04 Å². The van der Waals surface area contributed by atoms with Crippen molar-refractivity contribution in [2.45, 2.75) is 31.8 Å². The minimum atomic E-state index is -0.989. The van der Waals surface area contributed by atoms with Gasteiger partial charge in [-0.3, -0.25) is 4.79 Å². The maximum Gasteiger partial charge on any atom is 0.326 e. The first-order valence-electron chi connectivity index (χ1n) is 9.37. The standard InChI is InChI=1S/C22H25NO6/c1-27-18-10-8-14(20(28-2)21(18)29-3)9-11-19(24)23-13-16-7-5-4-6-15(16)12-17(23)22(25)26/h4-8,10,17H,9,11-13H2,1-3H3,(H,25,26). The number of carbonyl (C=O) groups excluding carboxylic acids is 1. The monoisotopic (exact) mass is 399 g/mol. The van der Waals surface area contributed by atoms with Gasteiger partial charge in [0.25, 0.3) is 0 Å². The minimum Gasteiger partial charge on any atom is -0.493 e. The van der Waals surface area contributed by atoms with Crippen LogP contribution in [0.25, 0.3) is 0 Å². The molecule has 1 amide bonds. The van der Waals surface area contributed by atoms with E-state index < -0.39 is 12.0 Å². The van der Waals surface area contributed by atoms with Crippen LogP contribution in [0.2, 0.25) is 0 Å². The quantitative estimate of drug-likeness (QED) is 0.771. The van der Waals surface area contributed by atoms with Crippen molar-refractivity contribution in [3.63, 3.8) is 0 Å². The molecule has 0 saturated carbocycles. The highest BCUT2D eigenvalue weighted by atomic mass is 16.5. The van der Waals surface area contributed by atoms with E-state index in [1.165, 1.54) is 19.1 Å². The van der Waals surface area contributed by atoms with E-state index in [0.717, 1.165) is 16.7 Å². The van der Waals surface area contributed by atoms with Gasteiger partial charge in [-0.15, -0.1) is 0 Å². The summed E-state index contributed by atoms with van der Waals surface area (Å²) in [5, 5.41) is 9.63. The zero-order valence-electron chi connectivity index (χ0n) is 16.8. The highest BCUT2D eigenvalue weighted by Gasteiger charge is 2.34. The van der Waals surface area contributed by atoms with Crippen LogP contribution in [0.15, 0.2) is 36.4 Å². The van der Waals surface area contributed by atoms with E-state index in [1.807, 2.05) is 30.3 Å². The van der Waals surface area contributed by atoms with E-state index in [2.05, 4.69) is 0 Å². The van der Waals surface area contributed by atoms with E-state index in [0.29, 0.717) is 36.6 Å². The first kappa shape index (κ1) is 20.5. The Morgan fingerprint density at radius 1 is 1.00 bits per heavy atom. The van der Waals surface area contributed by atoms with Crippen LogP contribution in [-0.2, 0) is 29.0 Å². The summed E-state index contributed by atoms with van der Waals surface area (Å²) in [6, 6.07) is 10.4. The van der Waals surface area contributed by atoms with Gasteiger partial charge in [-0.2, -0.15) is 0 Å². The Morgan fingerprint density at radius 3 is 2.31 bits per heavy atom. The van der Waals surface area contributed by atoms with Crippen LogP contribution in [0, 0.1) is 0 Å². The molecule has 0 spiro atoms. The number of amides is 1. The summed E-state index contributed by atoms with van der Waals surface area (Å²) in [5.41, 5.74) is 2.76. The normalized spacial score (nSPS) is 15.4. The molecule has 7 nitrogen and oxygen atoms in total. The van der Waals surface area contributed by atoms with E-state index in [4.69, 9.17) is 14.2 Å². The van der Waals surface area contributed by atoms with Gasteiger partial charge in [-0.05, 0) is 29.2 Å². The average molecular weight is 399 g/mol. The topological polar surface area (TPSA) is 85.3 Å². The lowest BCUT2D eigenvalue weighted by Crippen LogP contribution is -2.48. The molecule has 2 aromatic rings. The maximum atomic E-state index is 12.9. The molecule has 3 rings (SSSR count). The predicted molar refractivity (Wildman–Crippen MR) is 107 cm³/mol. The third kappa shape index (κ3) is 4.13. The number of aliphatic carboxylic acids is 1. The number of hydrogen-bond donors (Lipinski definition) is 1. The van der Waals surface area contributed by atoms with Crippen molar-refractivity contribution in [2.24, 2.45) is 0 Å². The zero-order valence-corrected chi connectivity index (χ0v) is 16.8. The molecule has 7 heteroatoms. The van der Waals surface area contributed by atoms with Crippen LogP contribution < -0.4 is 14.2 Å².